The molecule has 0 unspecified atom stereocenters. The van der Waals surface area contributed by atoms with Crippen molar-refractivity contribution in [2.75, 3.05) is 24.0 Å². The molecule has 0 radical (unpaired) electrons. The zero-order valence-corrected chi connectivity index (χ0v) is 32.5. The third kappa shape index (κ3) is 5.43. The van der Waals surface area contributed by atoms with Gasteiger partial charge in [0.15, 0.2) is 0 Å². The number of aryl methyl sites for hydroxylation is 2. The van der Waals surface area contributed by atoms with E-state index in [2.05, 4.69) is 181 Å². The fourth-order valence-corrected chi connectivity index (χ4v) is 9.14. The molecule has 276 valence electrons. The van der Waals surface area contributed by atoms with Gasteiger partial charge < -0.3 is 19.3 Å². The molecule has 8 aromatic rings. The van der Waals surface area contributed by atoms with Crippen molar-refractivity contribution in [2.45, 2.75) is 19.3 Å². The van der Waals surface area contributed by atoms with Gasteiger partial charge in [0.2, 0.25) is 0 Å². The lowest BCUT2D eigenvalue weighted by Crippen LogP contribution is -2.26. The molecule has 0 fully saturated rings. The van der Waals surface area contributed by atoms with Crippen LogP contribution in [0.1, 0.15) is 33.4 Å². The number of hydrogen-bond donors (Lipinski definition) is 0. The largest absolute Gasteiger partial charge is 0.497 e. The molecule has 0 saturated heterocycles. The third-order valence-electron chi connectivity index (χ3n) is 11.8. The molecule has 57 heavy (non-hydrogen) atoms. The fourth-order valence-electron chi connectivity index (χ4n) is 9.14. The van der Waals surface area contributed by atoms with Crippen LogP contribution in [0.2, 0.25) is 0 Å². The molecule has 8 aromatic carbocycles. The van der Waals surface area contributed by atoms with Gasteiger partial charge in [0, 0.05) is 34.1 Å². The Morgan fingerprint density at radius 1 is 0.333 bits per heavy atom. The van der Waals surface area contributed by atoms with Gasteiger partial charge in [0.25, 0.3) is 0 Å². The Labute approximate surface area is 334 Å². The molecular formula is C53H42N2O2. The van der Waals surface area contributed by atoms with Crippen LogP contribution in [0, 0.1) is 13.8 Å². The quantitative estimate of drug-likeness (QED) is 0.155. The predicted molar refractivity (Wildman–Crippen MR) is 235 cm³/mol. The number of fused-ring (bicyclic) bond motifs is 10. The standard InChI is InChI=1S/C53H42N2O2/c1-35-13-17-37(18-14-35)54(38-19-15-36(2)16-20-38)41-25-31-47-48-32-26-42(55(39-21-27-43(56-3)28-22-39)40-23-29-44(57-4)30-24-40)34-52(48)53(51(47)33-41)49-11-7-5-9-45(49)46-10-6-8-12-50(46)53/h5-34H,1-4H3. The minimum absolute atomic E-state index is 0.554. The summed E-state index contributed by atoms with van der Waals surface area (Å²) in [5.41, 5.74) is 18.6. The summed E-state index contributed by atoms with van der Waals surface area (Å²) in [6.45, 7) is 4.29. The lowest BCUT2D eigenvalue weighted by atomic mass is 9.70. The second-order valence-electron chi connectivity index (χ2n) is 15.0. The van der Waals surface area contributed by atoms with Gasteiger partial charge in [-0.15, -0.1) is 0 Å². The van der Waals surface area contributed by atoms with Crippen LogP contribution >= 0.6 is 0 Å². The van der Waals surface area contributed by atoms with Gasteiger partial charge in [-0.3, -0.25) is 0 Å². The second-order valence-corrected chi connectivity index (χ2v) is 15.0. The minimum Gasteiger partial charge on any atom is -0.497 e. The Kier molecular flexibility index (Phi) is 8.23. The number of anilines is 6. The van der Waals surface area contributed by atoms with E-state index >= 15 is 0 Å². The molecule has 2 aliphatic rings. The van der Waals surface area contributed by atoms with Crippen molar-refractivity contribution < 1.29 is 9.47 Å². The monoisotopic (exact) mass is 738 g/mol. The van der Waals surface area contributed by atoms with Gasteiger partial charge in [0.05, 0.1) is 19.6 Å². The van der Waals surface area contributed by atoms with Crippen molar-refractivity contribution >= 4 is 34.1 Å². The molecule has 1 spiro atoms. The first kappa shape index (κ1) is 34.5. The van der Waals surface area contributed by atoms with Crippen LogP contribution in [0.25, 0.3) is 22.3 Å². The summed E-state index contributed by atoms with van der Waals surface area (Å²) in [6, 6.07) is 66.4. The van der Waals surface area contributed by atoms with Crippen molar-refractivity contribution in [2.24, 2.45) is 0 Å². The van der Waals surface area contributed by atoms with Crippen molar-refractivity contribution in [1.82, 2.24) is 0 Å². The van der Waals surface area contributed by atoms with E-state index in [1.54, 1.807) is 14.2 Å². The molecule has 0 bridgehead atoms. The highest BCUT2D eigenvalue weighted by molar-refractivity contribution is 5.97. The Morgan fingerprint density at radius 3 is 1.02 bits per heavy atom. The minimum atomic E-state index is -0.554. The number of methoxy groups -OCH3 is 2. The van der Waals surface area contributed by atoms with Crippen LogP contribution in [0.15, 0.2) is 182 Å². The lowest BCUT2D eigenvalue weighted by molar-refractivity contribution is 0.415. The van der Waals surface area contributed by atoms with Gasteiger partial charge in [-0.2, -0.15) is 0 Å². The van der Waals surface area contributed by atoms with Crippen LogP contribution in [0.5, 0.6) is 11.5 Å². The summed E-state index contributed by atoms with van der Waals surface area (Å²) in [6.07, 6.45) is 0. The summed E-state index contributed by atoms with van der Waals surface area (Å²) in [5.74, 6) is 1.63. The van der Waals surface area contributed by atoms with E-state index in [4.69, 9.17) is 9.47 Å². The maximum absolute atomic E-state index is 5.57. The highest BCUT2D eigenvalue weighted by Gasteiger charge is 2.52. The fraction of sp³-hybridized carbons (Fsp3) is 0.0943. The number of ether oxygens (including phenoxy) is 2. The zero-order valence-electron chi connectivity index (χ0n) is 32.5. The first-order valence-corrected chi connectivity index (χ1v) is 19.5. The van der Waals surface area contributed by atoms with Crippen molar-refractivity contribution in [3.05, 3.63) is 215 Å². The Bertz CT molecular complexity index is 2630. The first-order chi connectivity index (χ1) is 28.0. The van der Waals surface area contributed by atoms with E-state index in [0.717, 1.165) is 45.6 Å². The van der Waals surface area contributed by atoms with Gasteiger partial charge in [0.1, 0.15) is 11.5 Å². The second kappa shape index (κ2) is 13.6. The zero-order chi connectivity index (χ0) is 38.7. The molecule has 2 aliphatic carbocycles. The number of benzene rings is 8. The third-order valence-corrected chi connectivity index (χ3v) is 11.8. The first-order valence-electron chi connectivity index (χ1n) is 19.5. The molecule has 4 nitrogen and oxygen atoms in total. The van der Waals surface area contributed by atoms with Gasteiger partial charge in [-0.05, 0) is 155 Å². The summed E-state index contributed by atoms with van der Waals surface area (Å²) in [7, 11) is 3.41. The summed E-state index contributed by atoms with van der Waals surface area (Å²) in [5, 5.41) is 0. The summed E-state index contributed by atoms with van der Waals surface area (Å²) >= 11 is 0. The van der Waals surface area contributed by atoms with Crippen LogP contribution in [0.4, 0.5) is 34.1 Å². The van der Waals surface area contributed by atoms with Gasteiger partial charge >= 0.3 is 0 Å². The van der Waals surface area contributed by atoms with Crippen molar-refractivity contribution in [3.8, 4) is 33.8 Å². The number of nitrogens with zero attached hydrogens (tertiary/aromatic N) is 2. The van der Waals surface area contributed by atoms with E-state index in [0.29, 0.717) is 0 Å². The molecule has 4 heteroatoms. The normalized spacial score (nSPS) is 12.7. The molecule has 0 aliphatic heterocycles. The average Bonchev–Trinajstić information content (AvgIpc) is 3.72. The van der Waals surface area contributed by atoms with Crippen LogP contribution in [-0.2, 0) is 5.41 Å². The number of hydrogen-bond acceptors (Lipinski definition) is 4. The number of rotatable bonds is 8. The van der Waals surface area contributed by atoms with Gasteiger partial charge in [-0.25, -0.2) is 0 Å². The van der Waals surface area contributed by atoms with Crippen LogP contribution in [-0.4, -0.2) is 14.2 Å². The Hall–Kier alpha value is -7.04. The van der Waals surface area contributed by atoms with E-state index in [1.165, 1.54) is 55.6 Å². The van der Waals surface area contributed by atoms with Gasteiger partial charge in [-0.1, -0.05) is 96.1 Å². The molecule has 0 saturated carbocycles. The lowest BCUT2D eigenvalue weighted by Gasteiger charge is -2.33. The predicted octanol–water partition coefficient (Wildman–Crippen LogP) is 13.6. The van der Waals surface area contributed by atoms with E-state index < -0.39 is 5.41 Å². The molecule has 0 aromatic heterocycles. The van der Waals surface area contributed by atoms with Crippen LogP contribution < -0.4 is 19.3 Å². The van der Waals surface area contributed by atoms with Crippen molar-refractivity contribution in [1.29, 1.82) is 0 Å². The molecular weight excluding hydrogens is 697 g/mol. The van der Waals surface area contributed by atoms with Crippen LogP contribution in [0.3, 0.4) is 0 Å². The topological polar surface area (TPSA) is 24.9 Å². The smallest absolute Gasteiger partial charge is 0.119 e. The maximum atomic E-state index is 5.57. The highest BCUT2D eigenvalue weighted by atomic mass is 16.5. The van der Waals surface area contributed by atoms with E-state index in [-0.39, 0.29) is 0 Å². The molecule has 0 atom stereocenters. The highest BCUT2D eigenvalue weighted by Crippen LogP contribution is 2.64. The van der Waals surface area contributed by atoms with Crippen molar-refractivity contribution in [3.63, 3.8) is 0 Å². The average molecular weight is 739 g/mol. The molecule has 0 N–H and O–H groups in total. The Morgan fingerprint density at radius 2 is 0.649 bits per heavy atom. The summed E-state index contributed by atoms with van der Waals surface area (Å²) in [4.78, 5) is 4.72. The maximum Gasteiger partial charge on any atom is 0.119 e. The SMILES string of the molecule is COc1ccc(N(c2ccc(OC)cc2)c2ccc3c(c2)C2(c4ccccc4-c4ccccc42)c2cc(N(c4ccc(C)cc4)c4ccc(C)cc4)ccc2-3)cc1. The molecule has 0 heterocycles. The molecule has 0 amide bonds. The van der Waals surface area contributed by atoms with E-state index in [9.17, 15) is 0 Å². The molecule has 10 rings (SSSR count). The Balaban J connectivity index is 1.23. The van der Waals surface area contributed by atoms with E-state index in [1.807, 2.05) is 24.3 Å². The summed E-state index contributed by atoms with van der Waals surface area (Å²) < 4.78 is 11.1.